The summed E-state index contributed by atoms with van der Waals surface area (Å²) >= 11 is 0. The summed E-state index contributed by atoms with van der Waals surface area (Å²) in [6, 6.07) is 2.27. The van der Waals surface area contributed by atoms with Crippen molar-refractivity contribution in [2.45, 2.75) is 12.6 Å². The highest BCUT2D eigenvalue weighted by Gasteiger charge is 2.31. The van der Waals surface area contributed by atoms with Gasteiger partial charge in [0, 0.05) is 24.9 Å². The fourth-order valence-corrected chi connectivity index (χ4v) is 1.81. The molecule has 0 unspecified atom stereocenters. The van der Waals surface area contributed by atoms with E-state index in [0.29, 0.717) is 30.9 Å². The van der Waals surface area contributed by atoms with Gasteiger partial charge in [-0.2, -0.15) is 13.2 Å². The second kappa shape index (κ2) is 4.91. The summed E-state index contributed by atoms with van der Waals surface area (Å²) in [5.74, 6) is -0.547. The molecule has 0 radical (unpaired) electrons. The number of aromatic nitrogens is 1. The molecule has 0 aromatic carbocycles. The Balaban J connectivity index is 2.11. The molecule has 1 N–H and O–H groups in total. The van der Waals surface area contributed by atoms with Gasteiger partial charge in [-0.1, -0.05) is 6.08 Å². The molecule has 1 aromatic heterocycles. The number of nitrogens with zero attached hydrogens (tertiary/aromatic N) is 2. The van der Waals surface area contributed by atoms with Gasteiger partial charge in [0.25, 0.3) is 0 Å². The van der Waals surface area contributed by atoms with Crippen LogP contribution in [0.15, 0.2) is 30.0 Å². The first-order valence-electron chi connectivity index (χ1n) is 5.58. The molecule has 0 atom stereocenters. The van der Waals surface area contributed by atoms with Gasteiger partial charge in [0.1, 0.15) is 5.82 Å². The minimum atomic E-state index is -4.40. The second-order valence-corrected chi connectivity index (χ2v) is 4.13. The van der Waals surface area contributed by atoms with E-state index in [0.717, 1.165) is 12.3 Å². The maximum absolute atomic E-state index is 12.4. The molecule has 4 nitrogen and oxygen atoms in total. The Kier molecular flexibility index (Phi) is 3.46. The predicted molar refractivity (Wildman–Crippen MR) is 61.8 cm³/mol. The standard InChI is InChI=1S/C12H11F3N2O2/c13-12(14,15)9-1-2-10(16-7-9)17-5-3-8(4-6-17)11(18)19/h1-3,7H,4-6H2,(H,18,19). The summed E-state index contributed by atoms with van der Waals surface area (Å²) in [5, 5.41) is 8.79. The Morgan fingerprint density at radius 3 is 2.53 bits per heavy atom. The third-order valence-corrected chi connectivity index (χ3v) is 2.88. The highest BCUT2D eigenvalue weighted by atomic mass is 19.4. The van der Waals surface area contributed by atoms with Crippen LogP contribution in [0.2, 0.25) is 0 Å². The van der Waals surface area contributed by atoms with E-state index in [9.17, 15) is 18.0 Å². The van der Waals surface area contributed by atoms with E-state index in [1.165, 1.54) is 6.07 Å². The summed E-state index contributed by atoms with van der Waals surface area (Å²) < 4.78 is 37.1. The maximum atomic E-state index is 12.4. The number of aliphatic carboxylic acids is 1. The lowest BCUT2D eigenvalue weighted by atomic mass is 10.1. The molecule has 0 spiro atoms. The molecule has 102 valence electrons. The van der Waals surface area contributed by atoms with Crippen molar-refractivity contribution >= 4 is 11.8 Å². The Morgan fingerprint density at radius 1 is 1.37 bits per heavy atom. The lowest BCUT2D eigenvalue weighted by Crippen LogP contribution is -2.30. The number of halogens is 3. The summed E-state index contributed by atoms with van der Waals surface area (Å²) in [6.45, 7) is 0.760. The first-order chi connectivity index (χ1) is 8.88. The minimum Gasteiger partial charge on any atom is -0.478 e. The average molecular weight is 272 g/mol. The van der Waals surface area contributed by atoms with Gasteiger partial charge < -0.3 is 10.0 Å². The van der Waals surface area contributed by atoms with Gasteiger partial charge in [-0.15, -0.1) is 0 Å². The van der Waals surface area contributed by atoms with Gasteiger partial charge in [-0.3, -0.25) is 0 Å². The normalized spacial score (nSPS) is 16.2. The van der Waals surface area contributed by atoms with Crippen molar-refractivity contribution in [1.82, 2.24) is 4.98 Å². The number of carbonyl (C=O) groups is 1. The van der Waals surface area contributed by atoms with Gasteiger partial charge in [0.15, 0.2) is 0 Å². The van der Waals surface area contributed by atoms with E-state index in [2.05, 4.69) is 4.98 Å². The zero-order valence-corrected chi connectivity index (χ0v) is 9.81. The number of carboxylic acid groups (broad SMARTS) is 1. The van der Waals surface area contributed by atoms with Crippen LogP contribution in [0.4, 0.5) is 19.0 Å². The highest BCUT2D eigenvalue weighted by Crippen LogP contribution is 2.29. The molecule has 7 heteroatoms. The van der Waals surface area contributed by atoms with Crippen LogP contribution in [-0.2, 0) is 11.0 Å². The number of alkyl halides is 3. The van der Waals surface area contributed by atoms with Crippen molar-refractivity contribution in [3.8, 4) is 0 Å². The SMILES string of the molecule is O=C(O)C1=CCN(c2ccc(C(F)(F)F)cn2)CC1. The Morgan fingerprint density at radius 2 is 2.11 bits per heavy atom. The first-order valence-corrected chi connectivity index (χ1v) is 5.58. The van der Waals surface area contributed by atoms with Crippen LogP contribution in [0.1, 0.15) is 12.0 Å². The lowest BCUT2D eigenvalue weighted by molar-refractivity contribution is -0.138. The smallest absolute Gasteiger partial charge is 0.417 e. The summed E-state index contributed by atoms with van der Waals surface area (Å²) in [4.78, 5) is 16.2. The molecule has 0 amide bonds. The van der Waals surface area contributed by atoms with Crippen LogP contribution in [0.5, 0.6) is 0 Å². The molecule has 1 aliphatic heterocycles. The molecule has 0 aliphatic carbocycles. The van der Waals surface area contributed by atoms with E-state index in [4.69, 9.17) is 5.11 Å². The van der Waals surface area contributed by atoms with E-state index in [1.807, 2.05) is 0 Å². The molecule has 0 bridgehead atoms. The third-order valence-electron chi connectivity index (χ3n) is 2.88. The van der Waals surface area contributed by atoms with E-state index in [-0.39, 0.29) is 0 Å². The third kappa shape index (κ3) is 3.04. The minimum absolute atomic E-state index is 0.322. The highest BCUT2D eigenvalue weighted by molar-refractivity contribution is 5.87. The van der Waals surface area contributed by atoms with Crippen LogP contribution < -0.4 is 4.90 Å². The fraction of sp³-hybridized carbons (Fsp3) is 0.333. The van der Waals surface area contributed by atoms with E-state index < -0.39 is 17.7 Å². The largest absolute Gasteiger partial charge is 0.478 e. The second-order valence-electron chi connectivity index (χ2n) is 4.13. The molecule has 19 heavy (non-hydrogen) atoms. The van der Waals surface area contributed by atoms with Crippen molar-refractivity contribution in [2.24, 2.45) is 0 Å². The number of anilines is 1. The molecular weight excluding hydrogens is 261 g/mol. The molecule has 2 rings (SSSR count). The van der Waals surface area contributed by atoms with Gasteiger partial charge in [0.05, 0.1) is 5.56 Å². The number of rotatable bonds is 2. The van der Waals surface area contributed by atoms with Gasteiger partial charge >= 0.3 is 12.1 Å². The number of hydrogen-bond donors (Lipinski definition) is 1. The molecule has 0 saturated carbocycles. The Bertz CT molecular complexity index is 509. The van der Waals surface area contributed by atoms with Crippen LogP contribution >= 0.6 is 0 Å². The molecule has 0 fully saturated rings. The monoisotopic (exact) mass is 272 g/mol. The quantitative estimate of drug-likeness (QED) is 0.897. The maximum Gasteiger partial charge on any atom is 0.417 e. The van der Waals surface area contributed by atoms with Crippen LogP contribution in [-0.4, -0.2) is 29.1 Å². The zero-order valence-electron chi connectivity index (χ0n) is 9.81. The zero-order chi connectivity index (χ0) is 14.0. The van der Waals surface area contributed by atoms with Crippen LogP contribution in [0, 0.1) is 0 Å². The van der Waals surface area contributed by atoms with Crippen molar-refractivity contribution in [3.63, 3.8) is 0 Å². The molecule has 2 heterocycles. The predicted octanol–water partition coefficient (Wildman–Crippen LogP) is 2.32. The van der Waals surface area contributed by atoms with Gasteiger partial charge in [-0.05, 0) is 18.6 Å². The van der Waals surface area contributed by atoms with Crippen molar-refractivity contribution in [2.75, 3.05) is 18.0 Å². The van der Waals surface area contributed by atoms with E-state index >= 15 is 0 Å². The summed E-state index contributed by atoms with van der Waals surface area (Å²) in [5.41, 5.74) is -0.474. The molecule has 1 aromatic rings. The van der Waals surface area contributed by atoms with Crippen LogP contribution in [0.25, 0.3) is 0 Å². The number of pyridine rings is 1. The first kappa shape index (κ1) is 13.4. The topological polar surface area (TPSA) is 53.4 Å². The van der Waals surface area contributed by atoms with Crippen LogP contribution in [0.3, 0.4) is 0 Å². The van der Waals surface area contributed by atoms with Crippen molar-refractivity contribution in [1.29, 1.82) is 0 Å². The Labute approximate surface area is 107 Å². The number of hydrogen-bond acceptors (Lipinski definition) is 3. The van der Waals surface area contributed by atoms with Crippen molar-refractivity contribution < 1.29 is 23.1 Å². The van der Waals surface area contributed by atoms with Gasteiger partial charge in [-0.25, -0.2) is 9.78 Å². The lowest BCUT2D eigenvalue weighted by Gasteiger charge is -2.26. The van der Waals surface area contributed by atoms with E-state index in [1.54, 1.807) is 11.0 Å². The summed E-state index contributed by atoms with van der Waals surface area (Å²) in [7, 11) is 0. The Hall–Kier alpha value is -2.05. The fourth-order valence-electron chi connectivity index (χ4n) is 1.81. The van der Waals surface area contributed by atoms with Gasteiger partial charge in [0.2, 0.25) is 0 Å². The summed E-state index contributed by atoms with van der Waals surface area (Å²) in [6.07, 6.45) is -1.72. The molecule has 1 aliphatic rings. The number of carboxylic acids is 1. The average Bonchev–Trinajstić information content (AvgIpc) is 2.38. The van der Waals surface area contributed by atoms with Crippen molar-refractivity contribution in [3.05, 3.63) is 35.5 Å². The molecule has 0 saturated heterocycles. The molecular formula is C12H11F3N2O2.